The quantitative estimate of drug-likeness (QED) is 0.148. The molecule has 0 fully saturated rings. The molecule has 2 heterocycles. The van der Waals surface area contributed by atoms with Crippen molar-refractivity contribution in [2.24, 2.45) is 0 Å². The Morgan fingerprint density at radius 1 is 0.364 bits per heavy atom. The topological polar surface area (TPSA) is 15.7 Å². The van der Waals surface area contributed by atoms with Gasteiger partial charge in [-0.1, -0.05) is 146 Å². The van der Waals surface area contributed by atoms with Crippen molar-refractivity contribution in [1.82, 2.24) is 0 Å². The fourth-order valence-electron chi connectivity index (χ4n) is 10.4. The van der Waals surface area contributed by atoms with Crippen LogP contribution in [-0.4, -0.2) is 13.1 Å². The van der Waals surface area contributed by atoms with Crippen molar-refractivity contribution in [2.75, 3.05) is 9.80 Å². The molecule has 0 saturated heterocycles. The van der Waals surface area contributed by atoms with Crippen molar-refractivity contribution in [3.8, 4) is 50.3 Å². The number of ether oxygens (including phenoxy) is 1. The van der Waals surface area contributed by atoms with E-state index in [1.165, 1.54) is 0 Å². The molecule has 0 spiro atoms. The van der Waals surface area contributed by atoms with Gasteiger partial charge in [0.1, 0.15) is 5.75 Å². The Morgan fingerprint density at radius 2 is 0.712 bits per heavy atom. The van der Waals surface area contributed by atoms with E-state index in [1.54, 1.807) is 12.1 Å². The monoisotopic (exact) mass is 864 g/mol. The minimum Gasteiger partial charge on any atom is -0.406 e. The molecule has 0 amide bonds. The van der Waals surface area contributed by atoms with Gasteiger partial charge in [-0.25, -0.2) is 0 Å². The van der Waals surface area contributed by atoms with Crippen LogP contribution >= 0.6 is 0 Å². The lowest BCUT2D eigenvalue weighted by atomic mass is 9.33. The summed E-state index contributed by atoms with van der Waals surface area (Å²) in [7, 11) is 0. The molecule has 0 aliphatic carbocycles. The summed E-state index contributed by atoms with van der Waals surface area (Å²) < 4.78 is 48.9. The lowest BCUT2D eigenvalue weighted by Gasteiger charge is -2.46. The Hall–Kier alpha value is -7.77. The van der Waals surface area contributed by atoms with Gasteiger partial charge < -0.3 is 14.5 Å². The lowest BCUT2D eigenvalue weighted by Crippen LogP contribution is -2.62. The fraction of sp³-hybridized carbons (Fsp3) is 0.0847. The molecule has 0 atom stereocenters. The van der Waals surface area contributed by atoms with Crippen LogP contribution in [0.5, 0.6) is 5.75 Å². The number of fused-ring (bicyclic) bond motifs is 4. The van der Waals surface area contributed by atoms with Crippen LogP contribution in [0, 0.1) is 27.7 Å². The number of aryl methyl sites for hydroxylation is 4. The van der Waals surface area contributed by atoms with Crippen molar-refractivity contribution >= 4 is 57.2 Å². The zero-order chi connectivity index (χ0) is 45.3. The fourth-order valence-corrected chi connectivity index (χ4v) is 10.4. The minimum atomic E-state index is -4.93. The predicted molar refractivity (Wildman–Crippen MR) is 268 cm³/mol. The summed E-state index contributed by atoms with van der Waals surface area (Å²) in [6.07, 6.45) is -4.93. The first kappa shape index (κ1) is 41.0. The number of hydrogen-bond donors (Lipinski definition) is 0. The largest absolute Gasteiger partial charge is 0.573 e. The Labute approximate surface area is 384 Å². The molecule has 7 heteroatoms. The summed E-state index contributed by atoms with van der Waals surface area (Å²) in [5, 5.41) is 0. The Morgan fingerprint density at radius 3 is 1.06 bits per heavy atom. The summed E-state index contributed by atoms with van der Waals surface area (Å²) in [6.45, 7) is 8.03. The van der Waals surface area contributed by atoms with E-state index in [1.807, 2.05) is 48.5 Å². The number of nitrogens with zero attached hydrogens (tertiary/aromatic N) is 2. The summed E-state index contributed by atoms with van der Waals surface area (Å²) in [5.74, 6) is -0.286. The second-order valence-corrected chi connectivity index (χ2v) is 17.5. The molecular formula is C59H44BF3N2O. The molecule has 2 aliphatic heterocycles. The minimum absolute atomic E-state index is 0.286. The van der Waals surface area contributed by atoms with E-state index in [4.69, 9.17) is 4.74 Å². The SMILES string of the molecule is Cc1cc(-c2ccccc2)ccc1N1c2cc(OC(F)(F)F)cc3c2B(c2cc(-c4ccccc4)cc(C)c21)c1cc(-c2ccccc2)cc(C)c1N3c1ccc(-c2ccccc2)cc1C. The molecule has 11 rings (SSSR count). The standard InChI is InChI=1S/C59H44BF3N2O/c1-37-29-45(41-17-9-5-10-18-41)25-27-52(37)64-54-35-49(66-59(61,62)63)36-55-56(54)60(50-33-47(31-39(3)57(50)64)43-21-13-7-14-22-43)51-34-48(44-23-15-8-16-24-44)32-40(4)58(51)65(55)53-28-26-46(30-38(53)2)42-19-11-6-12-20-42/h5-36H,1-4H3. The molecule has 0 N–H and O–H groups in total. The maximum absolute atomic E-state index is 14.6. The summed E-state index contributed by atoms with van der Waals surface area (Å²) in [5.41, 5.74) is 20.4. The van der Waals surface area contributed by atoms with Crippen LogP contribution in [0.2, 0.25) is 0 Å². The van der Waals surface area contributed by atoms with Crippen LogP contribution in [0.15, 0.2) is 194 Å². The molecule has 9 aromatic carbocycles. The number of rotatable bonds is 7. The van der Waals surface area contributed by atoms with Gasteiger partial charge in [0.2, 0.25) is 0 Å². The zero-order valence-electron chi connectivity index (χ0n) is 37.0. The number of alkyl halides is 3. The second kappa shape index (κ2) is 16.0. The molecule has 3 nitrogen and oxygen atoms in total. The Kier molecular flexibility index (Phi) is 9.96. The number of hydrogen-bond acceptors (Lipinski definition) is 3. The highest BCUT2D eigenvalue weighted by Gasteiger charge is 2.46. The average Bonchev–Trinajstić information content (AvgIpc) is 3.32. The molecule has 320 valence electrons. The van der Waals surface area contributed by atoms with Crippen LogP contribution in [0.3, 0.4) is 0 Å². The van der Waals surface area contributed by atoms with Crippen LogP contribution in [0.25, 0.3) is 44.5 Å². The van der Waals surface area contributed by atoms with Gasteiger partial charge in [0.15, 0.2) is 0 Å². The van der Waals surface area contributed by atoms with Gasteiger partial charge in [-0.05, 0) is 147 Å². The summed E-state index contributed by atoms with van der Waals surface area (Å²) >= 11 is 0. The van der Waals surface area contributed by atoms with Gasteiger partial charge >= 0.3 is 6.36 Å². The molecule has 2 aliphatic rings. The van der Waals surface area contributed by atoms with Crippen molar-refractivity contribution in [3.05, 3.63) is 216 Å². The van der Waals surface area contributed by atoms with E-state index in [2.05, 4.69) is 171 Å². The highest BCUT2D eigenvalue weighted by Crippen LogP contribution is 2.50. The summed E-state index contributed by atoms with van der Waals surface area (Å²) in [6, 6.07) is 66.2. The summed E-state index contributed by atoms with van der Waals surface area (Å²) in [4.78, 5) is 4.37. The number of benzene rings is 9. The van der Waals surface area contributed by atoms with E-state index in [0.29, 0.717) is 11.4 Å². The first-order valence-electron chi connectivity index (χ1n) is 22.3. The molecule has 0 saturated carbocycles. The van der Waals surface area contributed by atoms with Gasteiger partial charge in [0, 0.05) is 46.3 Å². The van der Waals surface area contributed by atoms with Gasteiger partial charge in [0.25, 0.3) is 6.71 Å². The average molecular weight is 865 g/mol. The van der Waals surface area contributed by atoms with E-state index in [0.717, 1.165) is 106 Å². The molecule has 0 unspecified atom stereocenters. The molecular weight excluding hydrogens is 820 g/mol. The van der Waals surface area contributed by atoms with Crippen molar-refractivity contribution in [2.45, 2.75) is 34.1 Å². The zero-order valence-corrected chi connectivity index (χ0v) is 37.0. The van der Waals surface area contributed by atoms with Gasteiger partial charge in [-0.3, -0.25) is 0 Å². The van der Waals surface area contributed by atoms with E-state index in [9.17, 15) is 13.2 Å². The van der Waals surface area contributed by atoms with Gasteiger partial charge in [-0.2, -0.15) is 0 Å². The third kappa shape index (κ3) is 7.12. The molecule has 9 aromatic rings. The Balaban J connectivity index is 1.25. The predicted octanol–water partition coefficient (Wildman–Crippen LogP) is 14.6. The maximum atomic E-state index is 14.6. The van der Waals surface area contributed by atoms with E-state index < -0.39 is 6.36 Å². The molecule has 66 heavy (non-hydrogen) atoms. The van der Waals surface area contributed by atoms with Crippen LogP contribution in [-0.2, 0) is 0 Å². The van der Waals surface area contributed by atoms with Crippen molar-refractivity contribution in [3.63, 3.8) is 0 Å². The van der Waals surface area contributed by atoms with E-state index >= 15 is 0 Å². The Bertz CT molecular complexity index is 3110. The first-order valence-corrected chi connectivity index (χ1v) is 22.3. The van der Waals surface area contributed by atoms with Gasteiger partial charge in [0.05, 0.1) is 0 Å². The van der Waals surface area contributed by atoms with Crippen LogP contribution < -0.4 is 30.9 Å². The van der Waals surface area contributed by atoms with Gasteiger partial charge in [-0.15, -0.1) is 13.2 Å². The van der Waals surface area contributed by atoms with Crippen LogP contribution in [0.1, 0.15) is 22.3 Å². The highest BCUT2D eigenvalue weighted by molar-refractivity contribution is 7.00. The first-order chi connectivity index (χ1) is 32.0. The van der Waals surface area contributed by atoms with Crippen molar-refractivity contribution in [1.29, 1.82) is 0 Å². The molecule has 0 bridgehead atoms. The molecule has 0 aromatic heterocycles. The lowest BCUT2D eigenvalue weighted by molar-refractivity contribution is -0.274. The number of halogens is 3. The van der Waals surface area contributed by atoms with Crippen LogP contribution in [0.4, 0.5) is 47.3 Å². The van der Waals surface area contributed by atoms with Crippen molar-refractivity contribution < 1.29 is 17.9 Å². The number of anilines is 6. The third-order valence-electron chi connectivity index (χ3n) is 13.1. The highest BCUT2D eigenvalue weighted by atomic mass is 19.4. The second-order valence-electron chi connectivity index (χ2n) is 17.5. The third-order valence-corrected chi connectivity index (χ3v) is 13.1. The van der Waals surface area contributed by atoms with E-state index in [-0.39, 0.29) is 12.5 Å². The maximum Gasteiger partial charge on any atom is 0.573 e. The smallest absolute Gasteiger partial charge is 0.406 e. The normalized spacial score (nSPS) is 12.7. The molecule has 0 radical (unpaired) electrons.